The Morgan fingerprint density at radius 2 is 1.94 bits per heavy atom. The van der Waals surface area contributed by atoms with Crippen molar-refractivity contribution in [2.75, 3.05) is 26.2 Å². The van der Waals surface area contributed by atoms with E-state index in [1.54, 1.807) is 0 Å². The number of piperidine rings is 1. The summed E-state index contributed by atoms with van der Waals surface area (Å²) in [6.45, 7) is 10.3. The first-order chi connectivity index (χ1) is 7.69. The van der Waals surface area contributed by atoms with Crippen LogP contribution in [0, 0.1) is 11.8 Å². The summed E-state index contributed by atoms with van der Waals surface area (Å²) >= 11 is 0. The zero-order valence-electron chi connectivity index (χ0n) is 11.4. The number of carbonyl (C=O) groups is 1. The number of amides is 1. The van der Waals surface area contributed by atoms with E-state index in [4.69, 9.17) is 0 Å². The molecule has 1 rings (SSSR count). The fourth-order valence-electron chi connectivity index (χ4n) is 2.19. The molecule has 1 aliphatic rings. The van der Waals surface area contributed by atoms with E-state index in [9.17, 15) is 4.79 Å². The van der Waals surface area contributed by atoms with Crippen LogP contribution in [0.3, 0.4) is 0 Å². The molecule has 0 aromatic rings. The summed E-state index contributed by atoms with van der Waals surface area (Å²) in [6.07, 6.45) is 3.28. The van der Waals surface area contributed by atoms with Crippen molar-refractivity contribution in [3.8, 4) is 0 Å². The van der Waals surface area contributed by atoms with E-state index in [-0.39, 0.29) is 18.3 Å². The van der Waals surface area contributed by atoms with Gasteiger partial charge < -0.3 is 10.2 Å². The quantitative estimate of drug-likeness (QED) is 0.825. The highest BCUT2D eigenvalue weighted by Gasteiger charge is 2.24. The molecule has 3 nitrogen and oxygen atoms in total. The molecule has 0 saturated carbocycles. The van der Waals surface area contributed by atoms with Crippen LogP contribution in [0.25, 0.3) is 0 Å². The van der Waals surface area contributed by atoms with Gasteiger partial charge in [-0.15, -0.1) is 12.4 Å². The van der Waals surface area contributed by atoms with Crippen molar-refractivity contribution in [1.29, 1.82) is 0 Å². The lowest BCUT2D eigenvalue weighted by Crippen LogP contribution is -2.42. The second-order valence-corrected chi connectivity index (χ2v) is 4.89. The molecule has 1 saturated heterocycles. The Balaban J connectivity index is 0.00000256. The van der Waals surface area contributed by atoms with Crippen LogP contribution in [0.2, 0.25) is 0 Å². The Labute approximate surface area is 112 Å². The third-order valence-electron chi connectivity index (χ3n) is 3.64. The first-order valence-electron chi connectivity index (χ1n) is 6.68. The predicted molar refractivity (Wildman–Crippen MR) is 74.6 cm³/mol. The van der Waals surface area contributed by atoms with Gasteiger partial charge in [-0.05, 0) is 38.3 Å². The monoisotopic (exact) mass is 262 g/mol. The average molecular weight is 263 g/mol. The van der Waals surface area contributed by atoms with E-state index in [0.717, 1.165) is 51.4 Å². The van der Waals surface area contributed by atoms with Crippen LogP contribution in [0.4, 0.5) is 0 Å². The Hall–Kier alpha value is -0.280. The van der Waals surface area contributed by atoms with Gasteiger partial charge in [0.1, 0.15) is 0 Å². The second-order valence-electron chi connectivity index (χ2n) is 4.89. The van der Waals surface area contributed by atoms with Crippen LogP contribution in [-0.2, 0) is 4.79 Å². The molecular weight excluding hydrogens is 236 g/mol. The van der Waals surface area contributed by atoms with Crippen molar-refractivity contribution >= 4 is 18.3 Å². The summed E-state index contributed by atoms with van der Waals surface area (Å²) in [4.78, 5) is 14.0. The molecule has 0 spiro atoms. The fraction of sp³-hybridized carbons (Fsp3) is 0.923. The van der Waals surface area contributed by atoms with Gasteiger partial charge in [-0.1, -0.05) is 20.8 Å². The normalized spacial score (nSPS) is 18.6. The maximum Gasteiger partial charge on any atom is 0.225 e. The number of hydrogen-bond donors (Lipinski definition) is 1. The molecule has 17 heavy (non-hydrogen) atoms. The first kappa shape index (κ1) is 16.7. The van der Waals surface area contributed by atoms with Gasteiger partial charge in [0.25, 0.3) is 0 Å². The van der Waals surface area contributed by atoms with Gasteiger partial charge in [-0.2, -0.15) is 0 Å². The van der Waals surface area contributed by atoms with Crippen molar-refractivity contribution < 1.29 is 4.79 Å². The summed E-state index contributed by atoms with van der Waals surface area (Å²) in [5.41, 5.74) is 0. The largest absolute Gasteiger partial charge is 0.342 e. The lowest BCUT2D eigenvalue weighted by molar-refractivity contribution is -0.136. The number of hydrogen-bond acceptors (Lipinski definition) is 2. The van der Waals surface area contributed by atoms with Crippen LogP contribution in [0.5, 0.6) is 0 Å². The first-order valence-corrected chi connectivity index (χ1v) is 6.68. The minimum Gasteiger partial charge on any atom is -0.342 e. The van der Waals surface area contributed by atoms with Gasteiger partial charge in [0.05, 0.1) is 0 Å². The Morgan fingerprint density at radius 1 is 1.35 bits per heavy atom. The summed E-state index contributed by atoms with van der Waals surface area (Å²) in [5, 5.41) is 3.39. The maximum atomic E-state index is 12.0. The Bertz CT molecular complexity index is 215. The number of nitrogens with one attached hydrogen (secondary N) is 1. The summed E-state index contributed by atoms with van der Waals surface area (Å²) in [5.74, 6) is 1.32. The molecule has 1 N–H and O–H groups in total. The van der Waals surface area contributed by atoms with E-state index in [1.807, 2.05) is 6.92 Å². The van der Waals surface area contributed by atoms with Crippen molar-refractivity contribution in [1.82, 2.24) is 10.2 Å². The predicted octanol–water partition coefficient (Wildman–Crippen LogP) is 2.30. The van der Waals surface area contributed by atoms with Crippen LogP contribution < -0.4 is 5.32 Å². The molecule has 1 fully saturated rings. The molecule has 0 aromatic heterocycles. The third kappa shape index (κ3) is 5.26. The van der Waals surface area contributed by atoms with E-state index < -0.39 is 0 Å². The average Bonchev–Trinajstić information content (AvgIpc) is 2.35. The zero-order chi connectivity index (χ0) is 12.0. The third-order valence-corrected chi connectivity index (χ3v) is 3.64. The van der Waals surface area contributed by atoms with Gasteiger partial charge >= 0.3 is 0 Å². The lowest BCUT2D eigenvalue weighted by Gasteiger charge is -2.33. The molecule has 4 heteroatoms. The Morgan fingerprint density at radius 3 is 2.41 bits per heavy atom. The van der Waals surface area contributed by atoms with Crippen molar-refractivity contribution in [3.63, 3.8) is 0 Å². The van der Waals surface area contributed by atoms with Crippen LogP contribution >= 0.6 is 12.4 Å². The number of rotatable bonds is 5. The SMILES string of the molecule is CCNCC1CCN(C(=O)C(C)CC)CC1.Cl. The number of likely N-dealkylation sites (tertiary alicyclic amines) is 1. The van der Waals surface area contributed by atoms with E-state index in [0.29, 0.717) is 5.91 Å². The van der Waals surface area contributed by atoms with Crippen molar-refractivity contribution in [2.24, 2.45) is 11.8 Å². The number of halogens is 1. The topological polar surface area (TPSA) is 32.3 Å². The smallest absolute Gasteiger partial charge is 0.225 e. The van der Waals surface area contributed by atoms with Gasteiger partial charge in [0, 0.05) is 19.0 Å². The van der Waals surface area contributed by atoms with Crippen LogP contribution in [0.15, 0.2) is 0 Å². The molecular formula is C13H27ClN2O. The molecule has 1 unspecified atom stereocenters. The van der Waals surface area contributed by atoms with Crippen LogP contribution in [0.1, 0.15) is 40.0 Å². The summed E-state index contributed by atoms with van der Waals surface area (Å²) in [6, 6.07) is 0. The molecule has 1 heterocycles. The van der Waals surface area contributed by atoms with E-state index in [1.165, 1.54) is 0 Å². The van der Waals surface area contributed by atoms with Crippen molar-refractivity contribution in [3.05, 3.63) is 0 Å². The molecule has 0 aliphatic carbocycles. The molecule has 0 aromatic carbocycles. The standard InChI is InChI=1S/C13H26N2O.ClH/c1-4-11(3)13(16)15-8-6-12(7-9-15)10-14-5-2;/h11-12,14H,4-10H2,1-3H3;1H. The van der Waals surface area contributed by atoms with Gasteiger partial charge in [-0.3, -0.25) is 4.79 Å². The van der Waals surface area contributed by atoms with Gasteiger partial charge in [-0.25, -0.2) is 0 Å². The maximum absolute atomic E-state index is 12.0. The fourth-order valence-corrected chi connectivity index (χ4v) is 2.19. The highest BCUT2D eigenvalue weighted by Crippen LogP contribution is 2.18. The molecule has 0 bridgehead atoms. The van der Waals surface area contributed by atoms with E-state index >= 15 is 0 Å². The van der Waals surface area contributed by atoms with Gasteiger partial charge in [0.15, 0.2) is 0 Å². The highest BCUT2D eigenvalue weighted by atomic mass is 35.5. The second kappa shape index (κ2) is 8.76. The lowest BCUT2D eigenvalue weighted by atomic mass is 9.95. The molecule has 1 amide bonds. The molecule has 0 radical (unpaired) electrons. The molecule has 1 aliphatic heterocycles. The Kier molecular flexibility index (Phi) is 8.61. The van der Waals surface area contributed by atoms with Gasteiger partial charge in [0.2, 0.25) is 5.91 Å². The summed E-state index contributed by atoms with van der Waals surface area (Å²) < 4.78 is 0. The van der Waals surface area contributed by atoms with E-state index in [2.05, 4.69) is 24.1 Å². The summed E-state index contributed by atoms with van der Waals surface area (Å²) in [7, 11) is 0. The zero-order valence-corrected chi connectivity index (χ0v) is 12.2. The number of carbonyl (C=O) groups excluding carboxylic acids is 1. The van der Waals surface area contributed by atoms with Crippen molar-refractivity contribution in [2.45, 2.75) is 40.0 Å². The number of nitrogens with zero attached hydrogens (tertiary/aromatic N) is 1. The minimum absolute atomic E-state index is 0. The molecule has 1 atom stereocenters. The van der Waals surface area contributed by atoms with Crippen LogP contribution in [-0.4, -0.2) is 37.0 Å². The molecule has 102 valence electrons. The highest BCUT2D eigenvalue weighted by molar-refractivity contribution is 5.85. The minimum atomic E-state index is 0.